The smallest absolute Gasteiger partial charge is 0.143 e. The van der Waals surface area contributed by atoms with Crippen molar-refractivity contribution in [1.29, 1.82) is 0 Å². The quantitative estimate of drug-likeness (QED) is 0.664. The highest BCUT2D eigenvalue weighted by molar-refractivity contribution is 4.78. The fraction of sp³-hybridized carbons (Fsp3) is 1.00. The summed E-state index contributed by atoms with van der Waals surface area (Å²) < 4.78 is 5.32. The zero-order valence-electron chi connectivity index (χ0n) is 7.34. The highest BCUT2D eigenvalue weighted by atomic mass is 16.6. The van der Waals surface area contributed by atoms with E-state index in [2.05, 4.69) is 0 Å². The van der Waals surface area contributed by atoms with Gasteiger partial charge in [0.05, 0.1) is 0 Å². The maximum Gasteiger partial charge on any atom is 0.143 e. The van der Waals surface area contributed by atoms with Gasteiger partial charge in [-0.05, 0) is 25.7 Å². The first-order chi connectivity index (χ1) is 5.25. The van der Waals surface area contributed by atoms with Gasteiger partial charge in [-0.15, -0.1) is 0 Å². The van der Waals surface area contributed by atoms with E-state index in [0.717, 1.165) is 32.2 Å². The van der Waals surface area contributed by atoms with Gasteiger partial charge in [0, 0.05) is 13.7 Å². The average molecular weight is 159 g/mol. The van der Waals surface area contributed by atoms with Crippen molar-refractivity contribution in [3.8, 4) is 0 Å². The lowest BCUT2D eigenvalue weighted by Gasteiger charge is -2.41. The van der Waals surface area contributed by atoms with Gasteiger partial charge in [-0.2, -0.15) is 5.06 Å². The maximum atomic E-state index is 9.53. The molecule has 0 aliphatic carbocycles. The van der Waals surface area contributed by atoms with Crippen LogP contribution in [0.4, 0.5) is 0 Å². The summed E-state index contributed by atoms with van der Waals surface area (Å²) in [5.41, 5.74) is -0.391. The van der Waals surface area contributed by atoms with Crippen molar-refractivity contribution >= 4 is 0 Å². The molecule has 11 heavy (non-hydrogen) atoms. The van der Waals surface area contributed by atoms with Gasteiger partial charge >= 0.3 is 0 Å². The van der Waals surface area contributed by atoms with E-state index < -0.39 is 5.72 Å². The summed E-state index contributed by atoms with van der Waals surface area (Å²) in [6, 6.07) is 0. The minimum absolute atomic E-state index is 0.391. The van der Waals surface area contributed by atoms with Crippen LogP contribution < -0.4 is 0 Å². The lowest BCUT2D eigenvalue weighted by atomic mass is 9.98. The molecule has 1 saturated heterocycles. The summed E-state index contributed by atoms with van der Waals surface area (Å²) in [5, 5.41) is 10.9. The molecule has 0 aromatic rings. The molecule has 0 amide bonds. The van der Waals surface area contributed by atoms with E-state index >= 15 is 0 Å². The Hall–Kier alpha value is -0.120. The molecule has 66 valence electrons. The predicted octanol–water partition coefficient (Wildman–Crippen LogP) is 1.61. The highest BCUT2D eigenvalue weighted by Crippen LogP contribution is 2.29. The van der Waals surface area contributed by atoms with E-state index in [9.17, 15) is 5.21 Å². The van der Waals surface area contributed by atoms with Crippen LogP contribution in [0.3, 0.4) is 0 Å². The zero-order valence-corrected chi connectivity index (χ0v) is 7.34. The van der Waals surface area contributed by atoms with Gasteiger partial charge in [0.15, 0.2) is 0 Å². The second kappa shape index (κ2) is 3.52. The molecule has 1 atom stereocenters. The molecule has 1 aliphatic rings. The summed E-state index contributed by atoms with van der Waals surface area (Å²) >= 11 is 0. The second-order valence-corrected chi connectivity index (χ2v) is 3.08. The number of ether oxygens (including phenoxy) is 1. The van der Waals surface area contributed by atoms with Crippen LogP contribution >= 0.6 is 0 Å². The molecule has 1 rings (SSSR count). The van der Waals surface area contributed by atoms with Gasteiger partial charge in [-0.1, -0.05) is 6.92 Å². The molecular formula is C8H17NO2. The van der Waals surface area contributed by atoms with E-state index in [0.29, 0.717) is 0 Å². The Kier molecular flexibility index (Phi) is 2.87. The number of hydroxylamine groups is 2. The molecule has 0 spiro atoms. The van der Waals surface area contributed by atoms with E-state index in [-0.39, 0.29) is 0 Å². The number of rotatable bonds is 2. The summed E-state index contributed by atoms with van der Waals surface area (Å²) in [4.78, 5) is 0. The lowest BCUT2D eigenvalue weighted by molar-refractivity contribution is -0.289. The summed E-state index contributed by atoms with van der Waals surface area (Å²) in [6.45, 7) is 2.78. The zero-order chi connectivity index (χ0) is 8.32. The third kappa shape index (κ3) is 1.55. The number of methoxy groups -OCH3 is 1. The largest absolute Gasteiger partial charge is 0.362 e. The molecule has 0 aromatic carbocycles. The van der Waals surface area contributed by atoms with E-state index in [1.807, 2.05) is 6.92 Å². The van der Waals surface area contributed by atoms with Crippen LogP contribution in [-0.4, -0.2) is 29.7 Å². The molecule has 0 radical (unpaired) electrons. The Morgan fingerprint density at radius 3 is 2.64 bits per heavy atom. The number of nitrogens with zero attached hydrogens (tertiary/aromatic N) is 1. The summed E-state index contributed by atoms with van der Waals surface area (Å²) in [7, 11) is 1.66. The van der Waals surface area contributed by atoms with Crippen LogP contribution in [0.2, 0.25) is 0 Å². The Morgan fingerprint density at radius 1 is 1.55 bits per heavy atom. The SMILES string of the molecule is CCC1(OC)CCCCN1O. The molecule has 0 aromatic heterocycles. The van der Waals surface area contributed by atoms with Crippen LogP contribution in [0.25, 0.3) is 0 Å². The summed E-state index contributed by atoms with van der Waals surface area (Å²) in [5.74, 6) is 0. The van der Waals surface area contributed by atoms with Crippen LogP contribution in [0.1, 0.15) is 32.6 Å². The van der Waals surface area contributed by atoms with Gasteiger partial charge in [0.2, 0.25) is 0 Å². The van der Waals surface area contributed by atoms with Crippen molar-refractivity contribution in [1.82, 2.24) is 5.06 Å². The normalized spacial score (nSPS) is 34.1. The molecule has 1 N–H and O–H groups in total. The van der Waals surface area contributed by atoms with Crippen molar-refractivity contribution in [2.75, 3.05) is 13.7 Å². The van der Waals surface area contributed by atoms with E-state index in [4.69, 9.17) is 4.74 Å². The first-order valence-electron chi connectivity index (χ1n) is 4.27. The topological polar surface area (TPSA) is 32.7 Å². The molecule has 3 nitrogen and oxygen atoms in total. The van der Waals surface area contributed by atoms with Gasteiger partial charge < -0.3 is 9.94 Å². The van der Waals surface area contributed by atoms with Crippen molar-refractivity contribution in [3.63, 3.8) is 0 Å². The van der Waals surface area contributed by atoms with Gasteiger partial charge in [0.1, 0.15) is 5.72 Å². The monoisotopic (exact) mass is 159 g/mol. The van der Waals surface area contributed by atoms with E-state index in [1.165, 1.54) is 5.06 Å². The van der Waals surface area contributed by atoms with Crippen LogP contribution in [-0.2, 0) is 4.74 Å². The van der Waals surface area contributed by atoms with Crippen molar-refractivity contribution in [2.45, 2.75) is 38.3 Å². The molecule has 1 aliphatic heterocycles. The van der Waals surface area contributed by atoms with Crippen LogP contribution in [0.5, 0.6) is 0 Å². The van der Waals surface area contributed by atoms with Gasteiger partial charge in [-0.3, -0.25) is 0 Å². The molecule has 1 fully saturated rings. The predicted molar refractivity (Wildman–Crippen MR) is 42.4 cm³/mol. The Labute approximate surface area is 67.9 Å². The third-order valence-electron chi connectivity index (χ3n) is 2.59. The number of hydrogen-bond donors (Lipinski definition) is 1. The van der Waals surface area contributed by atoms with Crippen LogP contribution in [0.15, 0.2) is 0 Å². The maximum absolute atomic E-state index is 9.53. The van der Waals surface area contributed by atoms with Crippen molar-refractivity contribution in [3.05, 3.63) is 0 Å². The van der Waals surface area contributed by atoms with E-state index in [1.54, 1.807) is 7.11 Å². The Bertz CT molecular complexity index is 123. The van der Waals surface area contributed by atoms with Gasteiger partial charge in [-0.25, -0.2) is 0 Å². The second-order valence-electron chi connectivity index (χ2n) is 3.08. The average Bonchev–Trinajstić information content (AvgIpc) is 2.06. The fourth-order valence-corrected chi connectivity index (χ4v) is 1.71. The molecule has 0 saturated carbocycles. The molecule has 0 bridgehead atoms. The standard InChI is InChI=1S/C8H17NO2/c1-3-8(11-2)6-4-5-7-9(8)10/h10H,3-7H2,1-2H3. The summed E-state index contributed by atoms with van der Waals surface area (Å²) in [6.07, 6.45) is 4.01. The Balaban J connectivity index is 2.61. The first-order valence-corrected chi connectivity index (χ1v) is 4.27. The van der Waals surface area contributed by atoms with Gasteiger partial charge in [0.25, 0.3) is 0 Å². The number of piperidine rings is 1. The minimum Gasteiger partial charge on any atom is -0.362 e. The van der Waals surface area contributed by atoms with Crippen molar-refractivity contribution < 1.29 is 9.94 Å². The highest BCUT2D eigenvalue weighted by Gasteiger charge is 2.36. The molecule has 1 unspecified atom stereocenters. The minimum atomic E-state index is -0.391. The molecule has 3 heteroatoms. The number of hydrogen-bond acceptors (Lipinski definition) is 3. The van der Waals surface area contributed by atoms with Crippen molar-refractivity contribution in [2.24, 2.45) is 0 Å². The lowest BCUT2D eigenvalue weighted by Crippen LogP contribution is -2.50. The Morgan fingerprint density at radius 2 is 2.27 bits per heavy atom. The molecular weight excluding hydrogens is 142 g/mol. The third-order valence-corrected chi connectivity index (χ3v) is 2.59. The molecule has 1 heterocycles. The first kappa shape index (κ1) is 8.97. The fourth-order valence-electron chi connectivity index (χ4n) is 1.71. The van der Waals surface area contributed by atoms with Crippen LogP contribution in [0, 0.1) is 0 Å².